The highest BCUT2D eigenvalue weighted by Gasteiger charge is 2.25. The van der Waals surface area contributed by atoms with Crippen molar-refractivity contribution in [3.63, 3.8) is 0 Å². The minimum Gasteiger partial charge on any atom is -0.281 e. The van der Waals surface area contributed by atoms with Crippen LogP contribution in [-0.4, -0.2) is 22.9 Å². The second-order valence-corrected chi connectivity index (χ2v) is 4.64. The molecule has 1 nitrogen and oxygen atoms in total. The van der Waals surface area contributed by atoms with Gasteiger partial charge >= 0.3 is 0 Å². The summed E-state index contributed by atoms with van der Waals surface area (Å²) >= 11 is 4.22. The van der Waals surface area contributed by atoms with Crippen molar-refractivity contribution < 1.29 is 0 Å². The Hall–Kier alpha value is 0.400. The fourth-order valence-corrected chi connectivity index (χ4v) is 1.59. The average Bonchev–Trinajstić information content (AvgIpc) is 2.38. The molecule has 1 heterocycles. The summed E-state index contributed by atoms with van der Waals surface area (Å²) in [5.74, 6) is 0. The van der Waals surface area contributed by atoms with E-state index in [1.807, 2.05) is 0 Å². The molecule has 0 saturated carbocycles. The third-order valence-electron chi connectivity index (χ3n) is 1.80. The Morgan fingerprint density at radius 2 is 1.90 bits per heavy atom. The Balaban J connectivity index is 2.48. The normalized spacial score (nSPS) is 20.3. The quantitative estimate of drug-likeness (QED) is 0.389. The van der Waals surface area contributed by atoms with Crippen molar-refractivity contribution in [1.82, 2.24) is 4.90 Å². The van der Waals surface area contributed by atoms with Gasteiger partial charge in [0.15, 0.2) is 0 Å². The van der Waals surface area contributed by atoms with Crippen LogP contribution in [0.1, 0.15) is 13.8 Å². The first-order chi connectivity index (χ1) is 4.67. The van der Waals surface area contributed by atoms with Crippen molar-refractivity contribution in [2.24, 2.45) is 0 Å². The summed E-state index contributed by atoms with van der Waals surface area (Å²) in [7, 11) is 1.60. The van der Waals surface area contributed by atoms with Crippen LogP contribution in [0, 0.1) is 0 Å². The molecule has 0 N–H and O–H groups in total. The molecule has 0 atom stereocenters. The molecule has 0 radical (unpaired) electrons. The Kier molecular flexibility index (Phi) is 2.72. The predicted octanol–water partition coefficient (Wildman–Crippen LogP) is 2.17. The van der Waals surface area contributed by atoms with E-state index < -0.39 is 0 Å². The van der Waals surface area contributed by atoms with Crippen LogP contribution in [0.25, 0.3) is 0 Å². The lowest BCUT2D eigenvalue weighted by molar-refractivity contribution is 0.257. The molecule has 0 aromatic carbocycles. The van der Waals surface area contributed by atoms with Crippen molar-refractivity contribution in [2.75, 3.05) is 13.1 Å². The summed E-state index contributed by atoms with van der Waals surface area (Å²) in [5, 5.41) is 0. The molecule has 1 rings (SSSR count). The monoisotopic (exact) mass is 175 g/mol. The second-order valence-electron chi connectivity index (χ2n) is 2.91. The van der Waals surface area contributed by atoms with E-state index in [9.17, 15) is 0 Å². The largest absolute Gasteiger partial charge is 0.281 e. The van der Waals surface area contributed by atoms with Gasteiger partial charge in [0.1, 0.15) is 0 Å². The Bertz CT molecular complexity index is 135. The lowest BCUT2D eigenvalue weighted by Crippen LogP contribution is -2.38. The first-order valence-corrected chi connectivity index (χ1v) is 5.26. The van der Waals surface area contributed by atoms with Crippen molar-refractivity contribution >= 4 is 22.5 Å². The highest BCUT2D eigenvalue weighted by molar-refractivity contribution is 8.69. The van der Waals surface area contributed by atoms with Crippen LogP contribution in [0.3, 0.4) is 0 Å². The van der Waals surface area contributed by atoms with E-state index in [4.69, 9.17) is 0 Å². The van der Waals surface area contributed by atoms with Crippen LogP contribution in [-0.2, 0) is 0 Å². The van der Waals surface area contributed by atoms with Gasteiger partial charge in [0.25, 0.3) is 0 Å². The third kappa shape index (κ3) is 1.71. The van der Waals surface area contributed by atoms with E-state index in [0.717, 1.165) is 13.1 Å². The summed E-state index contributed by atoms with van der Waals surface area (Å²) in [5.41, 5.74) is 0. The highest BCUT2D eigenvalue weighted by atomic mass is 33.1. The topological polar surface area (TPSA) is 3.24 Å². The molecule has 0 unspecified atom stereocenters. The lowest BCUT2D eigenvalue weighted by Gasteiger charge is -2.32. The van der Waals surface area contributed by atoms with Crippen molar-refractivity contribution in [3.8, 4) is 0 Å². The number of rotatable bonds is 2. The second kappa shape index (κ2) is 3.20. The molecule has 0 aliphatic carbocycles. The maximum atomic E-state index is 4.22. The highest BCUT2D eigenvalue weighted by Crippen LogP contribution is 2.32. The maximum Gasteiger partial charge on any atom is 0.0719 e. The van der Waals surface area contributed by atoms with E-state index in [1.165, 1.54) is 0 Å². The van der Waals surface area contributed by atoms with E-state index in [1.54, 1.807) is 10.8 Å². The fourth-order valence-electron chi connectivity index (χ4n) is 0.976. The maximum absolute atomic E-state index is 4.22. The van der Waals surface area contributed by atoms with Crippen LogP contribution >= 0.6 is 22.5 Å². The van der Waals surface area contributed by atoms with E-state index in [2.05, 4.69) is 42.6 Å². The molecule has 0 aromatic heterocycles. The van der Waals surface area contributed by atoms with Crippen molar-refractivity contribution in [3.05, 3.63) is 12.2 Å². The summed E-state index contributed by atoms with van der Waals surface area (Å²) in [4.78, 5) is 2.55. The fraction of sp³-hybridized carbons (Fsp3) is 0.714. The average molecular weight is 175 g/mol. The molecule has 0 saturated heterocycles. The summed E-state index contributed by atoms with van der Waals surface area (Å²) in [6, 6.07) is 0. The molecule has 0 fully saturated rings. The first kappa shape index (κ1) is 8.50. The predicted molar refractivity (Wildman–Crippen MR) is 51.4 cm³/mol. The zero-order valence-electron chi connectivity index (χ0n) is 6.37. The third-order valence-corrected chi connectivity index (χ3v) is 3.85. The summed E-state index contributed by atoms with van der Waals surface area (Å²) < 4.78 is 0. The Morgan fingerprint density at radius 1 is 1.40 bits per heavy atom. The minimum atomic E-state index is 0.173. The van der Waals surface area contributed by atoms with Gasteiger partial charge in [-0.3, -0.25) is 4.90 Å². The minimum absolute atomic E-state index is 0.173. The standard InChI is InChI=1S/C7H13NS2/c1-7(2,10-9)8-5-3-4-6-8/h3-4,9H,5-6H2,1-2H3. The molecule has 0 bridgehead atoms. The van der Waals surface area contributed by atoms with Crippen LogP contribution in [0.5, 0.6) is 0 Å². The van der Waals surface area contributed by atoms with Crippen LogP contribution in [0.15, 0.2) is 12.2 Å². The van der Waals surface area contributed by atoms with E-state index in [-0.39, 0.29) is 4.87 Å². The Labute approximate surface area is 71.7 Å². The van der Waals surface area contributed by atoms with Gasteiger partial charge in [-0.15, -0.1) is 11.7 Å². The SMILES string of the molecule is CC(C)(SS)N1CC=CC1. The number of thiol groups is 1. The molecule has 0 spiro atoms. The van der Waals surface area contributed by atoms with Gasteiger partial charge < -0.3 is 0 Å². The first-order valence-electron chi connectivity index (χ1n) is 3.39. The van der Waals surface area contributed by atoms with Gasteiger partial charge in [-0.25, -0.2) is 0 Å². The van der Waals surface area contributed by atoms with Gasteiger partial charge in [-0.1, -0.05) is 22.9 Å². The summed E-state index contributed by atoms with van der Waals surface area (Å²) in [6.07, 6.45) is 4.40. The van der Waals surface area contributed by atoms with Gasteiger partial charge in [0.2, 0.25) is 0 Å². The molecule has 1 aliphatic heterocycles. The number of hydrogen-bond donors (Lipinski definition) is 1. The smallest absolute Gasteiger partial charge is 0.0719 e. The van der Waals surface area contributed by atoms with Crippen LogP contribution in [0.2, 0.25) is 0 Å². The summed E-state index contributed by atoms with van der Waals surface area (Å²) in [6.45, 7) is 6.52. The zero-order valence-corrected chi connectivity index (χ0v) is 8.08. The molecule has 1 aliphatic rings. The number of nitrogens with zero attached hydrogens (tertiary/aromatic N) is 1. The lowest BCUT2D eigenvalue weighted by atomic mass is 10.3. The van der Waals surface area contributed by atoms with Crippen molar-refractivity contribution in [1.29, 1.82) is 0 Å². The molecular formula is C7H13NS2. The van der Waals surface area contributed by atoms with Crippen LogP contribution < -0.4 is 0 Å². The van der Waals surface area contributed by atoms with Gasteiger partial charge in [0, 0.05) is 13.1 Å². The molecular weight excluding hydrogens is 162 g/mol. The van der Waals surface area contributed by atoms with Crippen molar-refractivity contribution in [2.45, 2.75) is 18.7 Å². The number of hydrogen-bond acceptors (Lipinski definition) is 3. The van der Waals surface area contributed by atoms with Gasteiger partial charge in [-0.2, -0.15) is 0 Å². The van der Waals surface area contributed by atoms with E-state index >= 15 is 0 Å². The molecule has 58 valence electrons. The Morgan fingerprint density at radius 3 is 2.30 bits per heavy atom. The molecule has 0 aromatic rings. The molecule has 10 heavy (non-hydrogen) atoms. The van der Waals surface area contributed by atoms with Crippen LogP contribution in [0.4, 0.5) is 0 Å². The van der Waals surface area contributed by atoms with Gasteiger partial charge in [-0.05, 0) is 13.8 Å². The van der Waals surface area contributed by atoms with E-state index in [0.29, 0.717) is 0 Å². The molecule has 0 amide bonds. The van der Waals surface area contributed by atoms with Gasteiger partial charge in [0.05, 0.1) is 4.87 Å². The molecule has 3 heteroatoms. The zero-order chi connectivity index (χ0) is 7.61.